The third-order valence-corrected chi connectivity index (χ3v) is 16.0. The van der Waals surface area contributed by atoms with Gasteiger partial charge in [0.05, 0.1) is 38.6 Å². The van der Waals surface area contributed by atoms with Crippen LogP contribution in [0, 0.1) is 5.92 Å². The molecule has 2 N–H and O–H groups in total. The molecule has 2 aliphatic carbocycles. The van der Waals surface area contributed by atoms with Gasteiger partial charge >= 0.3 is 11.9 Å². The number of fused-ring (bicyclic) bond motifs is 8. The summed E-state index contributed by atoms with van der Waals surface area (Å²) < 4.78 is 9.76. The van der Waals surface area contributed by atoms with E-state index in [0.717, 1.165) is 119 Å². The Kier molecular flexibility index (Phi) is 8.99. The first-order valence-electron chi connectivity index (χ1n) is 22.6. The van der Waals surface area contributed by atoms with Crippen molar-refractivity contribution < 1.29 is 19.8 Å². The maximum absolute atomic E-state index is 12.4. The van der Waals surface area contributed by atoms with E-state index in [-0.39, 0.29) is 6.04 Å². The van der Waals surface area contributed by atoms with Gasteiger partial charge in [0.15, 0.2) is 0 Å². The Labute approximate surface area is 369 Å². The van der Waals surface area contributed by atoms with Gasteiger partial charge in [0.25, 0.3) is 0 Å². The van der Waals surface area contributed by atoms with Crippen LogP contribution in [0.5, 0.6) is 0 Å². The largest absolute Gasteiger partial charge is 0.478 e. The van der Waals surface area contributed by atoms with Gasteiger partial charge in [-0.25, -0.2) is 9.59 Å². The topological polar surface area (TPSA) is 94.3 Å². The summed E-state index contributed by atoms with van der Waals surface area (Å²) in [6.45, 7) is 2.42. The molecule has 0 radical (unpaired) electrons. The van der Waals surface area contributed by atoms with E-state index < -0.39 is 11.9 Å². The third kappa shape index (κ3) is 5.71. The number of aryl methyl sites for hydroxylation is 3. The molecule has 12 rings (SSSR count). The third-order valence-electron chi connectivity index (χ3n) is 15.4. The Balaban J connectivity index is 0.967. The lowest BCUT2D eigenvalue weighted by atomic mass is 9.74. The number of hydrogen-bond donors (Lipinski definition) is 2. The second-order valence-corrected chi connectivity index (χ2v) is 19.3. The van der Waals surface area contributed by atoms with Crippen LogP contribution in [-0.2, 0) is 19.6 Å². The normalized spacial score (nSPS) is 20.5. The van der Waals surface area contributed by atoms with Crippen LogP contribution in [0.1, 0.15) is 120 Å². The maximum Gasteiger partial charge on any atom is 0.335 e. The van der Waals surface area contributed by atoms with Crippen molar-refractivity contribution >= 4 is 78.8 Å². The van der Waals surface area contributed by atoms with Crippen molar-refractivity contribution in [1.82, 2.24) is 18.3 Å². The summed E-state index contributed by atoms with van der Waals surface area (Å²) in [7, 11) is 0. The fourth-order valence-electron chi connectivity index (χ4n) is 12.7. The van der Waals surface area contributed by atoms with E-state index in [9.17, 15) is 19.8 Å². The van der Waals surface area contributed by atoms with Crippen LogP contribution in [0.15, 0.2) is 85.2 Å². The van der Waals surface area contributed by atoms with Gasteiger partial charge in [0.2, 0.25) is 0 Å². The number of carboxylic acids is 2. The molecular weight excluding hydrogens is 816 g/mol. The second-order valence-electron chi connectivity index (χ2n) is 18.5. The summed E-state index contributed by atoms with van der Waals surface area (Å²) in [6, 6.07) is 24.7. The van der Waals surface area contributed by atoms with E-state index in [4.69, 9.17) is 23.2 Å². The molecule has 6 heterocycles. The standard InChI is InChI=1S/C52H48Cl2N4O4/c53-40-19-18-39-48-35(40)20-24-57(48)42(21-25-58-44-27-33(52(61)62)15-17-37(44)45(50(39)58)30-6-2-1-3-7-30)29-10-12-31(13-11-29)46-36-16-14-32(51(59)60)26-43(36)56-23-5-22-55-28-41(54)34-8-4-9-38(47(34)55)49(46)56/h4,8-9,14-20,24,26-31,42H,1-3,5-7,10-13,21-23,25H2,(H,59,60)(H,61,62). The number of aromatic carboxylic acids is 2. The molecule has 1 unspecified atom stereocenters. The molecule has 4 aromatic heterocycles. The lowest BCUT2D eigenvalue weighted by Crippen LogP contribution is -2.26. The summed E-state index contributed by atoms with van der Waals surface area (Å²) in [5, 5.41) is 26.3. The molecular formula is C52H48Cl2N4O4. The molecule has 0 spiro atoms. The van der Waals surface area contributed by atoms with Gasteiger partial charge in [0.1, 0.15) is 0 Å². The summed E-state index contributed by atoms with van der Waals surface area (Å²) in [6.07, 6.45) is 16.3. The predicted octanol–water partition coefficient (Wildman–Crippen LogP) is 13.9. The van der Waals surface area contributed by atoms with E-state index in [2.05, 4.69) is 79.2 Å². The fraction of sp³-hybridized carbons (Fsp3) is 0.346. The van der Waals surface area contributed by atoms with E-state index >= 15 is 0 Å². The van der Waals surface area contributed by atoms with Crippen LogP contribution >= 0.6 is 23.2 Å². The zero-order chi connectivity index (χ0) is 42.0. The quantitative estimate of drug-likeness (QED) is 0.180. The highest BCUT2D eigenvalue weighted by Gasteiger charge is 2.37. The molecule has 0 amide bonds. The van der Waals surface area contributed by atoms with Gasteiger partial charge in [-0.15, -0.1) is 0 Å². The van der Waals surface area contributed by atoms with Gasteiger partial charge in [-0.2, -0.15) is 0 Å². The van der Waals surface area contributed by atoms with Crippen molar-refractivity contribution in [2.75, 3.05) is 0 Å². The van der Waals surface area contributed by atoms with Crippen molar-refractivity contribution in [1.29, 1.82) is 0 Å². The van der Waals surface area contributed by atoms with Crippen molar-refractivity contribution in [2.24, 2.45) is 5.92 Å². The minimum Gasteiger partial charge on any atom is -0.478 e. The van der Waals surface area contributed by atoms with E-state index in [1.54, 1.807) is 12.1 Å². The number of carbonyl (C=O) groups is 2. The number of nitrogens with zero attached hydrogens (tertiary/aromatic N) is 4. The Hall–Kier alpha value is -5.44. The zero-order valence-electron chi connectivity index (χ0n) is 34.5. The number of aromatic nitrogens is 4. The Morgan fingerprint density at radius 1 is 0.565 bits per heavy atom. The lowest BCUT2D eigenvalue weighted by Gasteiger charge is -2.37. The van der Waals surface area contributed by atoms with Crippen molar-refractivity contribution in [3.63, 3.8) is 0 Å². The maximum atomic E-state index is 12.4. The van der Waals surface area contributed by atoms with Crippen LogP contribution in [0.2, 0.25) is 10.0 Å². The van der Waals surface area contributed by atoms with Gasteiger partial charge in [0, 0.05) is 86.8 Å². The molecule has 314 valence electrons. The molecule has 2 fully saturated rings. The first-order chi connectivity index (χ1) is 30.2. The molecule has 2 aliphatic heterocycles. The first kappa shape index (κ1) is 38.3. The smallest absolute Gasteiger partial charge is 0.335 e. The highest BCUT2D eigenvalue weighted by atomic mass is 35.5. The molecule has 0 bridgehead atoms. The van der Waals surface area contributed by atoms with Crippen LogP contribution in [-0.4, -0.2) is 40.4 Å². The average molecular weight is 864 g/mol. The number of para-hydroxylation sites is 1. The number of hydrogen-bond acceptors (Lipinski definition) is 2. The van der Waals surface area contributed by atoms with Gasteiger partial charge in [-0.05, 0) is 123 Å². The molecule has 8 aromatic rings. The molecule has 4 aromatic carbocycles. The van der Waals surface area contributed by atoms with E-state index in [0.29, 0.717) is 28.9 Å². The molecule has 4 aliphatic rings. The molecule has 1 atom stereocenters. The number of rotatable bonds is 5. The van der Waals surface area contributed by atoms with Gasteiger partial charge < -0.3 is 28.5 Å². The summed E-state index contributed by atoms with van der Waals surface area (Å²) in [5.41, 5.74) is 12.5. The molecule has 0 saturated heterocycles. The van der Waals surface area contributed by atoms with Crippen LogP contribution < -0.4 is 0 Å². The fourth-order valence-corrected chi connectivity index (χ4v) is 13.2. The number of carboxylic acid groups (broad SMARTS) is 2. The molecule has 8 nitrogen and oxygen atoms in total. The predicted molar refractivity (Wildman–Crippen MR) is 248 cm³/mol. The molecule has 62 heavy (non-hydrogen) atoms. The van der Waals surface area contributed by atoms with Crippen LogP contribution in [0.25, 0.3) is 66.1 Å². The number of halogens is 2. The average Bonchev–Trinajstić information content (AvgIpc) is 4.03. The van der Waals surface area contributed by atoms with Crippen molar-refractivity contribution in [3.8, 4) is 22.5 Å². The SMILES string of the molecule is O=C(O)c1ccc2c(C3CCC(C4CCn5c(c(C6CCCCC6)c6ccc(C(=O)O)cc65)-c5ccc(Cl)c6ccn4c56)CC3)c3n(c2c1)CCCn1cc(Cl)c2cccc-3c21. The van der Waals surface area contributed by atoms with Crippen LogP contribution in [0.4, 0.5) is 0 Å². The Morgan fingerprint density at radius 2 is 1.19 bits per heavy atom. The Morgan fingerprint density at radius 3 is 1.87 bits per heavy atom. The minimum absolute atomic E-state index is 0.223. The minimum atomic E-state index is -0.910. The lowest BCUT2D eigenvalue weighted by molar-refractivity contribution is 0.0686. The second kappa shape index (κ2) is 14.6. The molecule has 10 heteroatoms. The highest BCUT2D eigenvalue weighted by molar-refractivity contribution is 6.36. The zero-order valence-corrected chi connectivity index (χ0v) is 36.1. The van der Waals surface area contributed by atoms with Crippen molar-refractivity contribution in [3.05, 3.63) is 117 Å². The molecule has 2 saturated carbocycles. The number of benzene rings is 4. The monoisotopic (exact) mass is 862 g/mol. The van der Waals surface area contributed by atoms with Crippen LogP contribution in [0.3, 0.4) is 0 Å². The summed E-state index contributed by atoms with van der Waals surface area (Å²) in [4.78, 5) is 24.7. The first-order valence-corrected chi connectivity index (χ1v) is 23.4. The van der Waals surface area contributed by atoms with Gasteiger partial charge in [-0.3, -0.25) is 0 Å². The summed E-state index contributed by atoms with van der Waals surface area (Å²) in [5.74, 6) is -0.677. The van der Waals surface area contributed by atoms with E-state index in [1.165, 1.54) is 58.2 Å². The van der Waals surface area contributed by atoms with E-state index in [1.807, 2.05) is 12.1 Å². The Bertz CT molecular complexity index is 3170. The van der Waals surface area contributed by atoms with Gasteiger partial charge in [-0.1, -0.05) is 72.8 Å². The summed E-state index contributed by atoms with van der Waals surface area (Å²) >= 11 is 13.9. The highest BCUT2D eigenvalue weighted by Crippen LogP contribution is 2.53. The van der Waals surface area contributed by atoms with Crippen molar-refractivity contribution in [2.45, 2.75) is 108 Å².